The first-order chi connectivity index (χ1) is 7.66. The van der Waals surface area contributed by atoms with Gasteiger partial charge in [0.2, 0.25) is 0 Å². The number of benzene rings is 1. The van der Waals surface area contributed by atoms with Gasteiger partial charge < -0.3 is 4.74 Å². The van der Waals surface area contributed by atoms with Crippen molar-refractivity contribution in [1.29, 1.82) is 0 Å². The zero-order chi connectivity index (χ0) is 11.5. The van der Waals surface area contributed by atoms with Crippen LogP contribution in [0.4, 0.5) is 0 Å². The van der Waals surface area contributed by atoms with Gasteiger partial charge in [-0.05, 0) is 38.8 Å². The lowest BCUT2D eigenvalue weighted by molar-refractivity contribution is 0.0461. The molecule has 1 heterocycles. The van der Waals surface area contributed by atoms with E-state index in [0.717, 1.165) is 36.1 Å². The molecule has 0 spiro atoms. The third-order valence-corrected chi connectivity index (χ3v) is 3.04. The summed E-state index contributed by atoms with van der Waals surface area (Å²) in [5.74, 6) is 0.307. The lowest BCUT2D eigenvalue weighted by atomic mass is 9.91. The number of carbonyl (C=O) groups is 1. The van der Waals surface area contributed by atoms with Gasteiger partial charge in [-0.2, -0.15) is 0 Å². The molecule has 0 radical (unpaired) electrons. The van der Waals surface area contributed by atoms with Gasteiger partial charge in [0.25, 0.3) is 0 Å². The smallest absolute Gasteiger partial charge is 0.168 e. The van der Waals surface area contributed by atoms with Crippen molar-refractivity contribution in [1.82, 2.24) is 0 Å². The average molecular weight is 218 g/mol. The molecule has 0 aliphatic carbocycles. The fourth-order valence-corrected chi connectivity index (χ4v) is 2.30. The van der Waals surface area contributed by atoms with Crippen LogP contribution in [0.15, 0.2) is 18.2 Å². The molecular weight excluding hydrogens is 200 g/mol. The Morgan fingerprint density at radius 1 is 1.25 bits per heavy atom. The summed E-state index contributed by atoms with van der Waals surface area (Å²) in [5.41, 5.74) is 3.15. The first kappa shape index (κ1) is 11.3. The average Bonchev–Trinajstić information content (AvgIpc) is 2.28. The minimum atomic E-state index is 0.0648. The van der Waals surface area contributed by atoms with Crippen molar-refractivity contribution in [3.8, 4) is 0 Å². The number of hydrogen-bond acceptors (Lipinski definition) is 2. The van der Waals surface area contributed by atoms with Gasteiger partial charge in [-0.3, -0.25) is 4.79 Å². The van der Waals surface area contributed by atoms with E-state index in [-0.39, 0.29) is 11.7 Å². The number of ketones is 1. The topological polar surface area (TPSA) is 26.3 Å². The van der Waals surface area contributed by atoms with Crippen LogP contribution >= 0.6 is 0 Å². The third kappa shape index (κ3) is 2.50. The van der Waals surface area contributed by atoms with Crippen molar-refractivity contribution >= 4 is 5.78 Å². The fraction of sp³-hybridized carbons (Fsp3) is 0.500. The SMILES string of the molecule is Cc1cc(C)cc(C(=O)C2CCCOC2)c1. The summed E-state index contributed by atoms with van der Waals surface area (Å²) in [6.07, 6.45) is 1.97. The van der Waals surface area contributed by atoms with Crippen LogP contribution in [0.25, 0.3) is 0 Å². The number of aryl methyl sites for hydroxylation is 2. The molecule has 0 saturated carbocycles. The maximum atomic E-state index is 12.2. The number of hydrogen-bond donors (Lipinski definition) is 0. The first-order valence-electron chi connectivity index (χ1n) is 5.87. The number of ether oxygens (including phenoxy) is 1. The van der Waals surface area contributed by atoms with Crippen molar-refractivity contribution in [3.63, 3.8) is 0 Å². The molecule has 2 rings (SSSR count). The Labute approximate surface area is 96.6 Å². The van der Waals surface area contributed by atoms with E-state index < -0.39 is 0 Å². The Kier molecular flexibility index (Phi) is 3.39. The highest BCUT2D eigenvalue weighted by Crippen LogP contribution is 2.20. The third-order valence-electron chi connectivity index (χ3n) is 3.04. The Morgan fingerprint density at radius 3 is 2.50 bits per heavy atom. The fourth-order valence-electron chi connectivity index (χ4n) is 2.30. The minimum Gasteiger partial charge on any atom is -0.381 e. The van der Waals surface area contributed by atoms with Crippen molar-refractivity contribution in [3.05, 3.63) is 34.9 Å². The van der Waals surface area contributed by atoms with E-state index in [4.69, 9.17) is 4.74 Å². The van der Waals surface area contributed by atoms with Crippen molar-refractivity contribution in [2.75, 3.05) is 13.2 Å². The molecule has 0 amide bonds. The van der Waals surface area contributed by atoms with Crippen LogP contribution in [0.5, 0.6) is 0 Å². The predicted octanol–water partition coefficient (Wildman–Crippen LogP) is 2.91. The van der Waals surface area contributed by atoms with E-state index in [0.29, 0.717) is 6.61 Å². The van der Waals surface area contributed by atoms with E-state index >= 15 is 0 Å². The summed E-state index contributed by atoms with van der Waals surface area (Å²) in [6, 6.07) is 6.04. The largest absolute Gasteiger partial charge is 0.381 e. The second-order valence-corrected chi connectivity index (χ2v) is 4.65. The monoisotopic (exact) mass is 218 g/mol. The lowest BCUT2D eigenvalue weighted by Gasteiger charge is -2.21. The molecule has 1 aromatic carbocycles. The molecule has 2 nitrogen and oxygen atoms in total. The zero-order valence-corrected chi connectivity index (χ0v) is 9.95. The zero-order valence-electron chi connectivity index (χ0n) is 9.95. The normalized spacial score (nSPS) is 20.8. The number of rotatable bonds is 2. The van der Waals surface area contributed by atoms with Crippen LogP contribution in [0.3, 0.4) is 0 Å². The van der Waals surface area contributed by atoms with Gasteiger partial charge in [-0.25, -0.2) is 0 Å². The highest BCUT2D eigenvalue weighted by atomic mass is 16.5. The van der Waals surface area contributed by atoms with E-state index in [9.17, 15) is 4.79 Å². The van der Waals surface area contributed by atoms with E-state index in [2.05, 4.69) is 6.07 Å². The summed E-state index contributed by atoms with van der Waals surface area (Å²) in [7, 11) is 0. The van der Waals surface area contributed by atoms with Crippen LogP contribution < -0.4 is 0 Å². The molecule has 0 bridgehead atoms. The van der Waals surface area contributed by atoms with Gasteiger partial charge in [-0.1, -0.05) is 17.2 Å². The Balaban J connectivity index is 2.19. The van der Waals surface area contributed by atoms with Crippen molar-refractivity contribution < 1.29 is 9.53 Å². The summed E-state index contributed by atoms with van der Waals surface area (Å²) >= 11 is 0. The second kappa shape index (κ2) is 4.79. The van der Waals surface area contributed by atoms with E-state index in [1.54, 1.807) is 0 Å². The van der Waals surface area contributed by atoms with Gasteiger partial charge in [-0.15, -0.1) is 0 Å². The first-order valence-corrected chi connectivity index (χ1v) is 5.87. The molecule has 1 aromatic rings. The molecule has 0 N–H and O–H groups in total. The maximum Gasteiger partial charge on any atom is 0.168 e. The van der Waals surface area contributed by atoms with Crippen molar-refractivity contribution in [2.24, 2.45) is 5.92 Å². The van der Waals surface area contributed by atoms with Crippen molar-refractivity contribution in [2.45, 2.75) is 26.7 Å². The highest BCUT2D eigenvalue weighted by Gasteiger charge is 2.23. The summed E-state index contributed by atoms with van der Waals surface area (Å²) < 4.78 is 5.36. The standard InChI is InChI=1S/C14H18O2/c1-10-6-11(2)8-13(7-10)14(15)12-4-3-5-16-9-12/h6-8,12H,3-5,9H2,1-2H3. The van der Waals surface area contributed by atoms with E-state index in [1.807, 2.05) is 26.0 Å². The molecule has 1 fully saturated rings. The number of carbonyl (C=O) groups excluding carboxylic acids is 1. The molecule has 0 aromatic heterocycles. The molecule has 1 aliphatic rings. The van der Waals surface area contributed by atoms with Gasteiger partial charge >= 0.3 is 0 Å². The molecule has 16 heavy (non-hydrogen) atoms. The van der Waals surface area contributed by atoms with Crippen LogP contribution in [-0.2, 0) is 4.74 Å². The Hall–Kier alpha value is -1.15. The summed E-state index contributed by atoms with van der Waals surface area (Å²) in [4.78, 5) is 12.2. The van der Waals surface area contributed by atoms with Gasteiger partial charge in [0.1, 0.15) is 0 Å². The molecule has 86 valence electrons. The predicted molar refractivity (Wildman–Crippen MR) is 63.8 cm³/mol. The molecule has 1 unspecified atom stereocenters. The number of Topliss-reactive ketones (excluding diaryl/α,β-unsaturated/α-hetero) is 1. The molecule has 1 saturated heterocycles. The van der Waals surface area contributed by atoms with Crippen LogP contribution in [0, 0.1) is 19.8 Å². The Bertz CT molecular complexity index is 369. The van der Waals surface area contributed by atoms with Crippen LogP contribution in [0.2, 0.25) is 0 Å². The maximum absolute atomic E-state index is 12.2. The molecule has 2 heteroatoms. The minimum absolute atomic E-state index is 0.0648. The van der Waals surface area contributed by atoms with Gasteiger partial charge in [0, 0.05) is 18.1 Å². The molecule has 1 aliphatic heterocycles. The molecule has 1 atom stereocenters. The highest BCUT2D eigenvalue weighted by molar-refractivity contribution is 5.98. The summed E-state index contributed by atoms with van der Waals surface area (Å²) in [6.45, 7) is 5.45. The van der Waals surface area contributed by atoms with E-state index in [1.165, 1.54) is 0 Å². The quantitative estimate of drug-likeness (QED) is 0.713. The van der Waals surface area contributed by atoms with Gasteiger partial charge in [0.05, 0.1) is 6.61 Å². The second-order valence-electron chi connectivity index (χ2n) is 4.65. The van der Waals surface area contributed by atoms with Gasteiger partial charge in [0.15, 0.2) is 5.78 Å². The summed E-state index contributed by atoms with van der Waals surface area (Å²) in [5, 5.41) is 0. The van der Waals surface area contributed by atoms with Crippen LogP contribution in [0.1, 0.15) is 34.3 Å². The van der Waals surface area contributed by atoms with Crippen LogP contribution in [-0.4, -0.2) is 19.0 Å². The Morgan fingerprint density at radius 2 is 1.94 bits per heavy atom. The molecular formula is C14H18O2. The lowest BCUT2D eigenvalue weighted by Crippen LogP contribution is -2.25.